The number of nitriles is 1. The third-order valence-corrected chi connectivity index (χ3v) is 2.59. The molecule has 1 unspecified atom stereocenters. The van der Waals surface area contributed by atoms with Crippen LogP contribution >= 0.6 is 0 Å². The SMILES string of the molecule is N#CC1(F)CCCc2ccccc21. The van der Waals surface area contributed by atoms with E-state index in [1.807, 2.05) is 12.1 Å². The summed E-state index contributed by atoms with van der Waals surface area (Å²) in [5.41, 5.74) is -0.184. The van der Waals surface area contributed by atoms with Crippen LogP contribution in [0, 0.1) is 11.3 Å². The first-order valence-electron chi connectivity index (χ1n) is 4.45. The highest BCUT2D eigenvalue weighted by Gasteiger charge is 2.36. The van der Waals surface area contributed by atoms with Crippen LogP contribution in [-0.2, 0) is 12.1 Å². The van der Waals surface area contributed by atoms with Gasteiger partial charge in [0.2, 0.25) is 5.67 Å². The van der Waals surface area contributed by atoms with Crippen molar-refractivity contribution in [1.29, 1.82) is 5.26 Å². The third-order valence-electron chi connectivity index (χ3n) is 2.59. The Balaban J connectivity index is 2.56. The molecule has 0 N–H and O–H groups in total. The van der Waals surface area contributed by atoms with Gasteiger partial charge in [-0.3, -0.25) is 0 Å². The largest absolute Gasteiger partial charge is 0.222 e. The first kappa shape index (κ1) is 8.25. The van der Waals surface area contributed by atoms with Crippen molar-refractivity contribution in [2.75, 3.05) is 0 Å². The van der Waals surface area contributed by atoms with Crippen molar-refractivity contribution in [3.8, 4) is 6.07 Å². The van der Waals surface area contributed by atoms with E-state index in [-0.39, 0.29) is 0 Å². The smallest absolute Gasteiger partial charge is 0.221 e. The molecule has 0 bridgehead atoms. The van der Waals surface area contributed by atoms with Crippen LogP contribution in [0.25, 0.3) is 0 Å². The molecule has 1 atom stereocenters. The molecule has 0 saturated carbocycles. The fourth-order valence-electron chi connectivity index (χ4n) is 1.90. The summed E-state index contributed by atoms with van der Waals surface area (Å²) in [6.45, 7) is 0. The van der Waals surface area contributed by atoms with E-state index in [2.05, 4.69) is 0 Å². The predicted molar refractivity (Wildman–Crippen MR) is 47.8 cm³/mol. The second kappa shape index (κ2) is 2.85. The van der Waals surface area contributed by atoms with Gasteiger partial charge in [0.05, 0.1) is 0 Å². The van der Waals surface area contributed by atoms with E-state index in [1.165, 1.54) is 0 Å². The van der Waals surface area contributed by atoms with E-state index in [1.54, 1.807) is 18.2 Å². The van der Waals surface area contributed by atoms with Gasteiger partial charge in [0.1, 0.15) is 6.07 Å². The highest BCUT2D eigenvalue weighted by Crippen LogP contribution is 2.37. The highest BCUT2D eigenvalue weighted by molar-refractivity contribution is 5.38. The minimum absolute atomic E-state index is 0.334. The maximum Gasteiger partial charge on any atom is 0.221 e. The Morgan fingerprint density at radius 2 is 2.15 bits per heavy atom. The molecule has 0 fully saturated rings. The van der Waals surface area contributed by atoms with Crippen LogP contribution in [0.15, 0.2) is 24.3 Å². The predicted octanol–water partition coefficient (Wildman–Crippen LogP) is 2.71. The minimum Gasteiger partial charge on any atom is -0.222 e. The monoisotopic (exact) mass is 175 g/mol. The van der Waals surface area contributed by atoms with Crippen molar-refractivity contribution in [3.63, 3.8) is 0 Å². The summed E-state index contributed by atoms with van der Waals surface area (Å²) in [4.78, 5) is 0. The number of aryl methyl sites for hydroxylation is 1. The van der Waals surface area contributed by atoms with Gasteiger partial charge >= 0.3 is 0 Å². The Morgan fingerprint density at radius 1 is 1.38 bits per heavy atom. The standard InChI is InChI=1S/C11H10FN/c12-11(8-13)7-3-5-9-4-1-2-6-10(9)11/h1-2,4,6H,3,5,7H2. The van der Waals surface area contributed by atoms with E-state index >= 15 is 0 Å². The number of alkyl halides is 1. The molecule has 66 valence electrons. The van der Waals surface area contributed by atoms with Crippen LogP contribution in [-0.4, -0.2) is 0 Å². The lowest BCUT2D eigenvalue weighted by Crippen LogP contribution is -2.23. The van der Waals surface area contributed by atoms with Crippen LogP contribution in [0.4, 0.5) is 4.39 Å². The number of fused-ring (bicyclic) bond motifs is 1. The molecule has 2 heteroatoms. The van der Waals surface area contributed by atoms with Crippen molar-refractivity contribution in [1.82, 2.24) is 0 Å². The number of rotatable bonds is 0. The van der Waals surface area contributed by atoms with E-state index in [0.29, 0.717) is 12.0 Å². The first-order chi connectivity index (χ1) is 6.26. The zero-order valence-corrected chi connectivity index (χ0v) is 7.26. The third kappa shape index (κ3) is 1.21. The molecule has 13 heavy (non-hydrogen) atoms. The van der Waals surface area contributed by atoms with Gasteiger partial charge in [-0.1, -0.05) is 24.3 Å². The summed E-state index contributed by atoms with van der Waals surface area (Å²) < 4.78 is 13.9. The van der Waals surface area contributed by atoms with Crippen molar-refractivity contribution in [2.24, 2.45) is 0 Å². The maximum atomic E-state index is 13.9. The van der Waals surface area contributed by atoms with Crippen molar-refractivity contribution in [2.45, 2.75) is 24.9 Å². The molecule has 1 nitrogen and oxygen atoms in total. The molecule has 0 radical (unpaired) electrons. The molecule has 0 aliphatic heterocycles. The number of nitrogens with zero attached hydrogens (tertiary/aromatic N) is 1. The molecule has 0 aromatic heterocycles. The Morgan fingerprint density at radius 3 is 2.92 bits per heavy atom. The van der Waals surface area contributed by atoms with Gasteiger partial charge in [0.25, 0.3) is 0 Å². The molecule has 1 aliphatic carbocycles. The van der Waals surface area contributed by atoms with E-state index in [4.69, 9.17) is 5.26 Å². The fourth-order valence-corrected chi connectivity index (χ4v) is 1.90. The van der Waals surface area contributed by atoms with Crippen LogP contribution in [0.2, 0.25) is 0 Å². The lowest BCUT2D eigenvalue weighted by molar-refractivity contribution is 0.210. The quantitative estimate of drug-likeness (QED) is 0.594. The van der Waals surface area contributed by atoms with Gasteiger partial charge in [0, 0.05) is 5.56 Å². The van der Waals surface area contributed by atoms with E-state index in [0.717, 1.165) is 18.4 Å². The lowest BCUT2D eigenvalue weighted by atomic mass is 9.81. The molecule has 1 aromatic carbocycles. The van der Waals surface area contributed by atoms with E-state index < -0.39 is 5.67 Å². The Labute approximate surface area is 76.8 Å². The number of benzene rings is 1. The van der Waals surface area contributed by atoms with Gasteiger partial charge in [-0.15, -0.1) is 0 Å². The second-order valence-corrected chi connectivity index (χ2v) is 3.42. The van der Waals surface area contributed by atoms with Crippen molar-refractivity contribution >= 4 is 0 Å². The molecule has 0 amide bonds. The van der Waals surface area contributed by atoms with Crippen molar-refractivity contribution < 1.29 is 4.39 Å². The van der Waals surface area contributed by atoms with Gasteiger partial charge in [0.15, 0.2) is 0 Å². The Bertz CT molecular complexity index is 367. The summed E-state index contributed by atoms with van der Waals surface area (Å²) in [5.74, 6) is 0. The molecular weight excluding hydrogens is 165 g/mol. The number of hydrogen-bond donors (Lipinski definition) is 0. The average Bonchev–Trinajstić information content (AvgIpc) is 2.19. The van der Waals surface area contributed by atoms with Crippen LogP contribution in [0.5, 0.6) is 0 Å². The molecule has 0 saturated heterocycles. The molecule has 0 heterocycles. The zero-order valence-electron chi connectivity index (χ0n) is 7.26. The highest BCUT2D eigenvalue weighted by atomic mass is 19.1. The first-order valence-corrected chi connectivity index (χ1v) is 4.45. The van der Waals surface area contributed by atoms with Gasteiger partial charge < -0.3 is 0 Å². The maximum absolute atomic E-state index is 13.9. The van der Waals surface area contributed by atoms with Gasteiger partial charge in [-0.05, 0) is 24.8 Å². The van der Waals surface area contributed by atoms with Crippen LogP contribution in [0.1, 0.15) is 24.0 Å². The summed E-state index contributed by atoms with van der Waals surface area (Å²) in [6, 6.07) is 9.07. The van der Waals surface area contributed by atoms with Crippen LogP contribution in [0.3, 0.4) is 0 Å². The summed E-state index contributed by atoms with van der Waals surface area (Å²) in [7, 11) is 0. The number of halogens is 1. The molecule has 0 spiro atoms. The lowest BCUT2D eigenvalue weighted by Gasteiger charge is -2.25. The fraction of sp³-hybridized carbons (Fsp3) is 0.364. The van der Waals surface area contributed by atoms with Gasteiger partial charge in [-0.2, -0.15) is 5.26 Å². The molecular formula is C11H10FN. The van der Waals surface area contributed by atoms with Crippen molar-refractivity contribution in [3.05, 3.63) is 35.4 Å². The van der Waals surface area contributed by atoms with Gasteiger partial charge in [-0.25, -0.2) is 4.39 Å². The molecule has 1 aromatic rings. The Kier molecular flexibility index (Phi) is 1.81. The average molecular weight is 175 g/mol. The van der Waals surface area contributed by atoms with E-state index in [9.17, 15) is 4.39 Å². The zero-order chi connectivity index (χ0) is 9.31. The number of hydrogen-bond acceptors (Lipinski definition) is 1. The minimum atomic E-state index is -1.74. The second-order valence-electron chi connectivity index (χ2n) is 3.42. The topological polar surface area (TPSA) is 23.8 Å². The van der Waals surface area contributed by atoms with Crippen LogP contribution < -0.4 is 0 Å². The molecule has 2 rings (SSSR count). The summed E-state index contributed by atoms with van der Waals surface area (Å²) >= 11 is 0. The summed E-state index contributed by atoms with van der Waals surface area (Å²) in [6.07, 6.45) is 1.99. The Hall–Kier alpha value is -1.36. The molecule has 1 aliphatic rings. The normalized spacial score (nSPS) is 26.2. The summed E-state index contributed by atoms with van der Waals surface area (Å²) in [5, 5.41) is 8.77.